The van der Waals surface area contributed by atoms with Crippen molar-refractivity contribution in [2.24, 2.45) is 5.92 Å². The fraction of sp³-hybridized carbons (Fsp3) is 0.500. The van der Waals surface area contributed by atoms with E-state index in [-0.39, 0.29) is 30.2 Å². The van der Waals surface area contributed by atoms with Crippen LogP contribution in [0, 0.1) is 5.92 Å². The molecule has 1 aromatic carbocycles. The molecule has 0 radical (unpaired) electrons. The molecule has 0 aliphatic carbocycles. The molecule has 0 spiro atoms. The van der Waals surface area contributed by atoms with Crippen molar-refractivity contribution in [1.82, 2.24) is 14.8 Å². The predicted molar refractivity (Wildman–Crippen MR) is 123 cm³/mol. The lowest BCUT2D eigenvalue weighted by molar-refractivity contribution is -0.135. The second-order valence-electron chi connectivity index (χ2n) is 8.85. The molecular formula is C24H28N4O3S. The molecule has 2 saturated heterocycles. The van der Waals surface area contributed by atoms with Gasteiger partial charge in [-0.2, -0.15) is 0 Å². The van der Waals surface area contributed by atoms with Crippen LogP contribution >= 0.6 is 11.3 Å². The Kier molecular flexibility index (Phi) is 5.95. The van der Waals surface area contributed by atoms with E-state index >= 15 is 0 Å². The van der Waals surface area contributed by atoms with Crippen LogP contribution in [-0.2, 0) is 11.3 Å². The number of aromatic nitrogens is 1. The zero-order chi connectivity index (χ0) is 22.1. The molecule has 4 heterocycles. The summed E-state index contributed by atoms with van der Waals surface area (Å²) in [5.41, 5.74) is 1.69. The summed E-state index contributed by atoms with van der Waals surface area (Å²) in [6.45, 7) is 3.29. The first-order valence-electron chi connectivity index (χ1n) is 11.5. The van der Waals surface area contributed by atoms with Gasteiger partial charge in [-0.1, -0.05) is 18.9 Å². The molecule has 168 valence electrons. The Morgan fingerprint density at radius 3 is 2.59 bits per heavy atom. The van der Waals surface area contributed by atoms with Gasteiger partial charge < -0.3 is 9.80 Å². The summed E-state index contributed by atoms with van der Waals surface area (Å²) >= 11 is 1.43. The second-order valence-corrected chi connectivity index (χ2v) is 9.83. The summed E-state index contributed by atoms with van der Waals surface area (Å²) in [5, 5.41) is 2.58. The number of hydrogen-bond donors (Lipinski definition) is 0. The third kappa shape index (κ3) is 3.92. The first-order chi connectivity index (χ1) is 15.6. The minimum atomic E-state index is -0.267. The van der Waals surface area contributed by atoms with Gasteiger partial charge >= 0.3 is 0 Å². The number of hydrogen-bond acceptors (Lipinski definition) is 6. The third-order valence-corrected chi connectivity index (χ3v) is 7.55. The van der Waals surface area contributed by atoms with E-state index in [4.69, 9.17) is 0 Å². The summed E-state index contributed by atoms with van der Waals surface area (Å²) in [7, 11) is 0. The highest BCUT2D eigenvalue weighted by molar-refractivity contribution is 7.09. The van der Waals surface area contributed by atoms with Crippen LogP contribution in [0.25, 0.3) is 0 Å². The summed E-state index contributed by atoms with van der Waals surface area (Å²) in [4.78, 5) is 49.2. The van der Waals surface area contributed by atoms with Gasteiger partial charge in [-0.15, -0.1) is 11.3 Å². The number of anilines is 1. The quantitative estimate of drug-likeness (QED) is 0.663. The fourth-order valence-electron chi connectivity index (χ4n) is 5.14. The van der Waals surface area contributed by atoms with Crippen LogP contribution in [0.4, 0.5) is 5.69 Å². The van der Waals surface area contributed by atoms with Crippen LogP contribution in [0.15, 0.2) is 29.8 Å². The first-order valence-corrected chi connectivity index (χ1v) is 12.4. The van der Waals surface area contributed by atoms with E-state index in [1.54, 1.807) is 12.3 Å². The Bertz CT molecular complexity index is 1010. The summed E-state index contributed by atoms with van der Waals surface area (Å²) in [5.74, 6) is -0.346. The second kappa shape index (κ2) is 9.02. The molecule has 8 heteroatoms. The number of rotatable bonds is 4. The number of nitrogens with zero attached hydrogens (tertiary/aromatic N) is 4. The molecule has 0 bridgehead atoms. The van der Waals surface area contributed by atoms with Gasteiger partial charge in [0, 0.05) is 37.8 Å². The third-order valence-electron chi connectivity index (χ3n) is 6.78. The molecule has 5 rings (SSSR count). The van der Waals surface area contributed by atoms with Crippen molar-refractivity contribution in [2.45, 2.75) is 45.1 Å². The van der Waals surface area contributed by atoms with Crippen molar-refractivity contribution in [3.8, 4) is 0 Å². The van der Waals surface area contributed by atoms with E-state index in [1.165, 1.54) is 29.1 Å². The van der Waals surface area contributed by atoms with Crippen molar-refractivity contribution >= 4 is 34.7 Å². The van der Waals surface area contributed by atoms with Gasteiger partial charge in [0.25, 0.3) is 11.8 Å². The minimum Gasteiger partial charge on any atom is -0.370 e. The molecule has 0 N–H and O–H groups in total. The maximum Gasteiger partial charge on any atom is 0.264 e. The van der Waals surface area contributed by atoms with Crippen molar-refractivity contribution in [2.75, 3.05) is 31.1 Å². The van der Waals surface area contributed by atoms with Crippen LogP contribution in [0.2, 0.25) is 0 Å². The number of likely N-dealkylation sites (tertiary alicyclic amines) is 1. The van der Waals surface area contributed by atoms with Crippen molar-refractivity contribution in [3.05, 3.63) is 45.9 Å². The molecular weight excluding hydrogens is 424 g/mol. The molecule has 2 aromatic rings. The maximum absolute atomic E-state index is 13.3. The number of imide groups is 1. The number of carbonyl (C=O) groups excluding carboxylic acids is 3. The van der Waals surface area contributed by atoms with E-state index < -0.39 is 0 Å². The maximum atomic E-state index is 13.3. The van der Waals surface area contributed by atoms with Crippen molar-refractivity contribution < 1.29 is 14.4 Å². The highest BCUT2D eigenvalue weighted by atomic mass is 32.1. The molecule has 3 aliphatic heterocycles. The molecule has 1 aromatic heterocycles. The molecule has 3 aliphatic rings. The number of piperidine rings is 1. The predicted octanol–water partition coefficient (Wildman–Crippen LogP) is 3.56. The Morgan fingerprint density at radius 2 is 1.84 bits per heavy atom. The number of benzene rings is 1. The number of thiazole rings is 1. The standard InChI is InChI=1S/C24H28N4O3S/c29-22(26-11-3-1-2-4-12-26)17-7-6-13-27(15-17)19-9-5-8-18-21(19)24(31)28(23(18)30)16-20-25-10-14-32-20/h5,8-10,14,17H,1-4,6-7,11-13,15-16H2/t17-/m0/s1. The monoisotopic (exact) mass is 452 g/mol. The summed E-state index contributed by atoms with van der Waals surface area (Å²) in [6, 6.07) is 5.48. The lowest BCUT2D eigenvalue weighted by Crippen LogP contribution is -2.45. The van der Waals surface area contributed by atoms with E-state index in [1.807, 2.05) is 22.4 Å². The van der Waals surface area contributed by atoms with Crippen molar-refractivity contribution in [3.63, 3.8) is 0 Å². The molecule has 0 saturated carbocycles. The Balaban J connectivity index is 1.37. The lowest BCUT2D eigenvalue weighted by Gasteiger charge is -2.36. The number of amides is 3. The summed E-state index contributed by atoms with van der Waals surface area (Å²) in [6.07, 6.45) is 8.02. The fourth-order valence-corrected chi connectivity index (χ4v) is 5.74. The van der Waals surface area contributed by atoms with Gasteiger partial charge in [0.2, 0.25) is 5.91 Å². The normalized spacial score (nSPS) is 21.6. The van der Waals surface area contributed by atoms with E-state index in [0.717, 1.165) is 56.0 Å². The van der Waals surface area contributed by atoms with Gasteiger partial charge in [0.15, 0.2) is 0 Å². The Labute approximate surface area is 192 Å². The zero-order valence-electron chi connectivity index (χ0n) is 18.2. The number of carbonyl (C=O) groups is 3. The molecule has 7 nitrogen and oxygen atoms in total. The molecule has 1 atom stereocenters. The van der Waals surface area contributed by atoms with Gasteiger partial charge in [0.05, 0.1) is 29.3 Å². The molecule has 3 amide bonds. The van der Waals surface area contributed by atoms with Crippen LogP contribution in [0.5, 0.6) is 0 Å². The first kappa shape index (κ1) is 21.1. The minimum absolute atomic E-state index is 0.0589. The average molecular weight is 453 g/mol. The van der Waals surface area contributed by atoms with E-state index in [0.29, 0.717) is 17.7 Å². The topological polar surface area (TPSA) is 73.8 Å². The highest BCUT2D eigenvalue weighted by Gasteiger charge is 2.40. The molecule has 32 heavy (non-hydrogen) atoms. The highest BCUT2D eigenvalue weighted by Crippen LogP contribution is 2.35. The SMILES string of the molecule is O=C([C@H]1CCCN(c2cccc3c2C(=O)N(Cc2nccs2)C3=O)C1)N1CCCCCC1. The molecule has 0 unspecified atom stereocenters. The number of fused-ring (bicyclic) bond motifs is 1. The van der Waals surface area contributed by atoms with Gasteiger partial charge in [-0.3, -0.25) is 19.3 Å². The van der Waals surface area contributed by atoms with Crippen LogP contribution in [0.3, 0.4) is 0 Å². The largest absolute Gasteiger partial charge is 0.370 e. The lowest BCUT2D eigenvalue weighted by atomic mass is 9.94. The van der Waals surface area contributed by atoms with Gasteiger partial charge in [-0.25, -0.2) is 4.98 Å². The average Bonchev–Trinajstić information content (AvgIpc) is 3.30. The van der Waals surface area contributed by atoms with E-state index in [9.17, 15) is 14.4 Å². The zero-order valence-corrected chi connectivity index (χ0v) is 19.0. The van der Waals surface area contributed by atoms with Gasteiger partial charge in [-0.05, 0) is 37.8 Å². The van der Waals surface area contributed by atoms with E-state index in [2.05, 4.69) is 9.88 Å². The Morgan fingerprint density at radius 1 is 1.03 bits per heavy atom. The molecule has 2 fully saturated rings. The van der Waals surface area contributed by atoms with Crippen LogP contribution in [-0.4, -0.2) is 58.7 Å². The van der Waals surface area contributed by atoms with Crippen molar-refractivity contribution in [1.29, 1.82) is 0 Å². The Hall–Kier alpha value is -2.74. The van der Waals surface area contributed by atoms with Crippen LogP contribution in [0.1, 0.15) is 64.2 Å². The van der Waals surface area contributed by atoms with Crippen LogP contribution < -0.4 is 4.90 Å². The summed E-state index contributed by atoms with van der Waals surface area (Å²) < 4.78 is 0. The van der Waals surface area contributed by atoms with Gasteiger partial charge in [0.1, 0.15) is 5.01 Å². The smallest absolute Gasteiger partial charge is 0.264 e.